The molecule has 9 heteroatoms. The predicted octanol–water partition coefficient (Wildman–Crippen LogP) is 0.141. The van der Waals surface area contributed by atoms with Crippen molar-refractivity contribution in [3.63, 3.8) is 0 Å². The molecule has 0 bridgehead atoms. The number of aromatic hydroxyl groups is 2. The number of hydrogen-bond acceptors (Lipinski definition) is 9. The van der Waals surface area contributed by atoms with Crippen LogP contribution in [0.1, 0.15) is 10.4 Å². The minimum absolute atomic E-state index is 0.0369. The molecule has 1 saturated heterocycles. The number of rotatable bonds is 5. The van der Waals surface area contributed by atoms with E-state index in [4.69, 9.17) is 14.2 Å². The van der Waals surface area contributed by atoms with E-state index in [1.54, 1.807) is 30.3 Å². The van der Waals surface area contributed by atoms with Gasteiger partial charge in [-0.2, -0.15) is 0 Å². The summed E-state index contributed by atoms with van der Waals surface area (Å²) in [5, 5.41) is 49.2. The first kappa shape index (κ1) is 19.9. The maximum Gasteiger partial charge on any atom is 0.338 e. The molecule has 2 aromatic carbocycles. The molecule has 9 nitrogen and oxygen atoms in total. The Morgan fingerprint density at radius 3 is 2.21 bits per heavy atom. The van der Waals surface area contributed by atoms with Gasteiger partial charge in [-0.3, -0.25) is 0 Å². The Bertz CT molecular complexity index is 790. The van der Waals surface area contributed by atoms with Gasteiger partial charge in [-0.1, -0.05) is 18.2 Å². The Balaban J connectivity index is 1.67. The molecule has 0 amide bonds. The smallest absolute Gasteiger partial charge is 0.338 e. The quantitative estimate of drug-likeness (QED) is 0.449. The Morgan fingerprint density at radius 1 is 0.929 bits per heavy atom. The average Bonchev–Trinajstić information content (AvgIpc) is 2.67. The van der Waals surface area contributed by atoms with Crippen molar-refractivity contribution in [2.75, 3.05) is 6.61 Å². The standard InChI is InChI=1S/C19H20O9/c20-11-6-12(21)8-13(7-11)27-19-17(24)16(23)15(22)14(28-19)9-26-18(25)10-4-2-1-3-5-10/h1-8,14-17,19-24H,9H2/t14-,15-,16+,17-,19-/m1/s1. The molecule has 0 aliphatic carbocycles. The van der Waals surface area contributed by atoms with Gasteiger partial charge in [0.15, 0.2) is 0 Å². The van der Waals surface area contributed by atoms with Crippen LogP contribution in [0.25, 0.3) is 0 Å². The van der Waals surface area contributed by atoms with Crippen molar-refractivity contribution in [2.45, 2.75) is 30.7 Å². The maximum atomic E-state index is 12.0. The summed E-state index contributed by atoms with van der Waals surface area (Å²) in [6, 6.07) is 11.6. The Hall–Kier alpha value is -2.85. The fourth-order valence-electron chi connectivity index (χ4n) is 2.74. The highest BCUT2D eigenvalue weighted by Gasteiger charge is 2.45. The molecule has 0 aromatic heterocycles. The zero-order valence-electron chi connectivity index (χ0n) is 14.6. The molecule has 28 heavy (non-hydrogen) atoms. The zero-order chi connectivity index (χ0) is 20.3. The molecule has 1 fully saturated rings. The van der Waals surface area contributed by atoms with E-state index in [0.29, 0.717) is 5.56 Å². The van der Waals surface area contributed by atoms with Gasteiger partial charge >= 0.3 is 5.97 Å². The second-order valence-electron chi connectivity index (χ2n) is 6.28. The van der Waals surface area contributed by atoms with Gasteiger partial charge in [0.05, 0.1) is 5.56 Å². The van der Waals surface area contributed by atoms with Gasteiger partial charge in [0.1, 0.15) is 48.3 Å². The molecule has 1 aliphatic heterocycles. The lowest BCUT2D eigenvalue weighted by Gasteiger charge is -2.39. The molecule has 0 spiro atoms. The lowest BCUT2D eigenvalue weighted by Crippen LogP contribution is -2.60. The number of phenolic OH excluding ortho intramolecular Hbond substituents is 2. The van der Waals surface area contributed by atoms with E-state index in [1.807, 2.05) is 0 Å². The summed E-state index contributed by atoms with van der Waals surface area (Å²) >= 11 is 0. The first-order chi connectivity index (χ1) is 13.3. The average molecular weight is 392 g/mol. The normalized spacial score (nSPS) is 27.2. The van der Waals surface area contributed by atoms with Crippen LogP contribution >= 0.6 is 0 Å². The molecule has 0 unspecified atom stereocenters. The molecule has 5 N–H and O–H groups in total. The third-order valence-corrected chi connectivity index (χ3v) is 4.18. The monoisotopic (exact) mass is 392 g/mol. The summed E-state index contributed by atoms with van der Waals surface area (Å²) in [7, 11) is 0. The largest absolute Gasteiger partial charge is 0.508 e. The number of carbonyl (C=O) groups is 1. The van der Waals surface area contributed by atoms with E-state index in [0.717, 1.165) is 18.2 Å². The molecule has 0 saturated carbocycles. The van der Waals surface area contributed by atoms with E-state index >= 15 is 0 Å². The van der Waals surface area contributed by atoms with Crippen LogP contribution in [0.15, 0.2) is 48.5 Å². The van der Waals surface area contributed by atoms with Gasteiger partial charge in [0.25, 0.3) is 0 Å². The summed E-state index contributed by atoms with van der Waals surface area (Å²) in [5.41, 5.74) is 0.302. The molecule has 1 aliphatic rings. The number of esters is 1. The minimum Gasteiger partial charge on any atom is -0.508 e. The molecule has 0 radical (unpaired) electrons. The van der Waals surface area contributed by atoms with Crippen molar-refractivity contribution < 1.29 is 44.5 Å². The number of phenols is 2. The summed E-state index contributed by atoms with van der Waals surface area (Å²) in [5.74, 6) is -1.25. The Labute approximate surface area is 160 Å². The van der Waals surface area contributed by atoms with Crippen LogP contribution in [0.2, 0.25) is 0 Å². The van der Waals surface area contributed by atoms with E-state index in [1.165, 1.54) is 0 Å². The van der Waals surface area contributed by atoms with Crippen LogP contribution in [0, 0.1) is 0 Å². The van der Waals surface area contributed by atoms with Crippen LogP contribution < -0.4 is 4.74 Å². The number of ether oxygens (including phenoxy) is 3. The van der Waals surface area contributed by atoms with Crippen molar-refractivity contribution >= 4 is 5.97 Å². The van der Waals surface area contributed by atoms with Gasteiger partial charge in [-0.25, -0.2) is 4.79 Å². The van der Waals surface area contributed by atoms with Crippen LogP contribution in [-0.2, 0) is 9.47 Å². The van der Waals surface area contributed by atoms with E-state index in [2.05, 4.69) is 0 Å². The number of hydrogen-bond donors (Lipinski definition) is 5. The highest BCUT2D eigenvalue weighted by molar-refractivity contribution is 5.89. The second kappa shape index (κ2) is 8.44. The van der Waals surface area contributed by atoms with Gasteiger partial charge in [0.2, 0.25) is 6.29 Å². The van der Waals surface area contributed by atoms with Gasteiger partial charge in [0, 0.05) is 18.2 Å². The van der Waals surface area contributed by atoms with E-state index < -0.39 is 43.3 Å². The topological polar surface area (TPSA) is 146 Å². The number of aliphatic hydroxyl groups is 3. The summed E-state index contributed by atoms with van der Waals surface area (Å²) in [6.07, 6.45) is -7.41. The third kappa shape index (κ3) is 4.52. The summed E-state index contributed by atoms with van der Waals surface area (Å²) in [6.45, 7) is -0.399. The third-order valence-electron chi connectivity index (χ3n) is 4.18. The Morgan fingerprint density at radius 2 is 1.57 bits per heavy atom. The SMILES string of the molecule is O=C(OC[C@H]1O[C@@H](Oc2cc(O)cc(O)c2)[C@H](O)[C@@H](O)[C@@H]1O)c1ccccc1. The summed E-state index contributed by atoms with van der Waals surface area (Å²) in [4.78, 5) is 12.0. The van der Waals surface area contributed by atoms with Gasteiger partial charge < -0.3 is 39.7 Å². The maximum absolute atomic E-state index is 12.0. The summed E-state index contributed by atoms with van der Waals surface area (Å²) < 4.78 is 15.9. The molecular formula is C19H20O9. The van der Waals surface area contributed by atoms with Crippen molar-refractivity contribution in [1.82, 2.24) is 0 Å². The Kier molecular flexibility index (Phi) is 6.00. The van der Waals surface area contributed by atoms with Crippen LogP contribution in [0.3, 0.4) is 0 Å². The van der Waals surface area contributed by atoms with Crippen molar-refractivity contribution in [3.8, 4) is 17.2 Å². The molecule has 2 aromatic rings. The molecule has 5 atom stereocenters. The van der Waals surface area contributed by atoms with E-state index in [-0.39, 0.29) is 17.2 Å². The highest BCUT2D eigenvalue weighted by atomic mass is 16.7. The highest BCUT2D eigenvalue weighted by Crippen LogP contribution is 2.29. The van der Waals surface area contributed by atoms with Gasteiger partial charge in [-0.05, 0) is 12.1 Å². The van der Waals surface area contributed by atoms with Crippen LogP contribution in [0.5, 0.6) is 17.2 Å². The van der Waals surface area contributed by atoms with Crippen molar-refractivity contribution in [1.29, 1.82) is 0 Å². The lowest BCUT2D eigenvalue weighted by atomic mass is 9.99. The minimum atomic E-state index is -1.63. The molecule has 150 valence electrons. The predicted molar refractivity (Wildman–Crippen MR) is 93.8 cm³/mol. The lowest BCUT2D eigenvalue weighted by molar-refractivity contribution is -0.277. The first-order valence-corrected chi connectivity index (χ1v) is 8.46. The van der Waals surface area contributed by atoms with Crippen LogP contribution in [0.4, 0.5) is 0 Å². The number of aliphatic hydroxyl groups excluding tert-OH is 3. The van der Waals surface area contributed by atoms with Crippen molar-refractivity contribution in [3.05, 3.63) is 54.1 Å². The van der Waals surface area contributed by atoms with Crippen LogP contribution in [-0.4, -0.2) is 68.8 Å². The van der Waals surface area contributed by atoms with E-state index in [9.17, 15) is 30.3 Å². The molecule has 1 heterocycles. The first-order valence-electron chi connectivity index (χ1n) is 8.46. The second-order valence-corrected chi connectivity index (χ2v) is 6.28. The van der Waals surface area contributed by atoms with Crippen molar-refractivity contribution in [2.24, 2.45) is 0 Å². The molecular weight excluding hydrogens is 372 g/mol. The van der Waals surface area contributed by atoms with Gasteiger partial charge in [-0.15, -0.1) is 0 Å². The number of benzene rings is 2. The number of carbonyl (C=O) groups excluding carboxylic acids is 1. The fourth-order valence-corrected chi connectivity index (χ4v) is 2.74. The fraction of sp³-hybridized carbons (Fsp3) is 0.316. The zero-order valence-corrected chi connectivity index (χ0v) is 14.6. The molecule has 3 rings (SSSR count).